The minimum absolute atomic E-state index is 0.0813. The number of carbonyl (C=O) groups excluding carboxylic acids is 4. The highest BCUT2D eigenvalue weighted by Crippen LogP contribution is 2.33. The van der Waals surface area contributed by atoms with Crippen molar-refractivity contribution in [2.45, 2.75) is 109 Å². The van der Waals surface area contributed by atoms with Crippen molar-refractivity contribution in [3.05, 3.63) is 0 Å². The number of hydrogen-bond donors (Lipinski definition) is 2. The van der Waals surface area contributed by atoms with Crippen molar-refractivity contribution in [2.75, 3.05) is 33.8 Å². The molecule has 5 atom stereocenters. The van der Waals surface area contributed by atoms with E-state index in [0.29, 0.717) is 13.0 Å². The van der Waals surface area contributed by atoms with Gasteiger partial charge in [-0.05, 0) is 59.8 Å². The maximum absolute atomic E-state index is 14.1. The molecule has 1 saturated carbocycles. The second kappa shape index (κ2) is 11.8. The summed E-state index contributed by atoms with van der Waals surface area (Å²) in [4.78, 5) is 57.7. The van der Waals surface area contributed by atoms with Gasteiger partial charge in [0.05, 0.1) is 12.7 Å². The van der Waals surface area contributed by atoms with Crippen molar-refractivity contribution in [3.8, 4) is 0 Å². The van der Waals surface area contributed by atoms with Gasteiger partial charge in [-0.2, -0.15) is 0 Å². The minimum atomic E-state index is -0.900. The highest BCUT2D eigenvalue weighted by molar-refractivity contribution is 5.93. The lowest BCUT2D eigenvalue weighted by Gasteiger charge is -2.44. The molecule has 2 N–H and O–H groups in total. The van der Waals surface area contributed by atoms with Crippen molar-refractivity contribution in [2.24, 2.45) is 5.92 Å². The molecular weight excluding hydrogens is 492 g/mol. The minimum Gasteiger partial charge on any atom is -0.467 e. The zero-order chi connectivity index (χ0) is 28.4. The van der Waals surface area contributed by atoms with Crippen molar-refractivity contribution >= 4 is 23.9 Å². The summed E-state index contributed by atoms with van der Waals surface area (Å²) in [6, 6.07) is -2.63. The number of esters is 1. The zero-order valence-electron chi connectivity index (χ0n) is 24.0. The molecule has 0 unspecified atom stereocenters. The van der Waals surface area contributed by atoms with E-state index in [9.17, 15) is 24.3 Å². The van der Waals surface area contributed by atoms with Crippen LogP contribution in [0.3, 0.4) is 0 Å². The topological polar surface area (TPSA) is 129 Å². The number of hydrogen-bond acceptors (Lipinski definition) is 8. The molecule has 3 fully saturated rings. The maximum atomic E-state index is 14.1. The first kappa shape index (κ1) is 30.1. The highest BCUT2D eigenvalue weighted by atomic mass is 16.6. The second-order valence-corrected chi connectivity index (χ2v) is 12.5. The Bertz CT molecular complexity index is 896. The maximum Gasteiger partial charge on any atom is 0.410 e. The number of nitrogens with one attached hydrogen (secondary N) is 1. The molecule has 216 valence electrons. The summed E-state index contributed by atoms with van der Waals surface area (Å²) in [5, 5.41) is 13.6. The van der Waals surface area contributed by atoms with E-state index in [0.717, 1.165) is 32.1 Å². The van der Waals surface area contributed by atoms with E-state index in [4.69, 9.17) is 9.47 Å². The van der Waals surface area contributed by atoms with Crippen molar-refractivity contribution in [3.63, 3.8) is 0 Å². The summed E-state index contributed by atoms with van der Waals surface area (Å²) in [6.45, 7) is 9.57. The lowest BCUT2D eigenvalue weighted by atomic mass is 9.82. The molecular formula is C27H46N4O7. The Kier molecular flexibility index (Phi) is 9.34. The van der Waals surface area contributed by atoms with Gasteiger partial charge in [0.15, 0.2) is 0 Å². The molecule has 3 amide bonds. The summed E-state index contributed by atoms with van der Waals surface area (Å²) in [6.07, 6.45) is 4.42. The SMILES string of the molecule is COC(=O)[C@@H]1CN2C[C@](C)(O)C[C@@H]2CN1C(=O)[C@@H](NC(=O)[C@H](C)N(C)C(=O)OC(C)(C)C)C1CCCCC1. The van der Waals surface area contributed by atoms with Crippen LogP contribution in [0.2, 0.25) is 0 Å². The Morgan fingerprint density at radius 1 is 1.11 bits per heavy atom. The van der Waals surface area contributed by atoms with E-state index in [-0.39, 0.29) is 31.0 Å². The molecule has 1 aliphatic carbocycles. The van der Waals surface area contributed by atoms with Crippen LogP contribution in [0.25, 0.3) is 0 Å². The fourth-order valence-corrected chi connectivity index (χ4v) is 5.89. The van der Waals surface area contributed by atoms with E-state index >= 15 is 0 Å². The van der Waals surface area contributed by atoms with Gasteiger partial charge in [0, 0.05) is 32.7 Å². The molecule has 38 heavy (non-hydrogen) atoms. The van der Waals surface area contributed by atoms with Gasteiger partial charge < -0.3 is 24.8 Å². The lowest BCUT2D eigenvalue weighted by molar-refractivity contribution is -0.159. The number of fused-ring (bicyclic) bond motifs is 1. The number of rotatable bonds is 6. The Hall–Kier alpha value is -2.40. The smallest absolute Gasteiger partial charge is 0.410 e. The molecule has 0 bridgehead atoms. The monoisotopic (exact) mass is 538 g/mol. The standard InChI is InChI=1S/C27H46N4O7/c1-17(29(6)25(35)38-26(2,3)4)22(32)28-21(18-11-9-8-10-12-18)23(33)31-14-19-13-27(5,36)16-30(19)15-20(31)24(34)37-7/h17-21,36H,8-16H2,1-7H3,(H,28,32)/t17-,19+,20-,21-,27+/m0/s1. The molecule has 3 aliphatic rings. The Labute approximate surface area is 226 Å². The van der Waals surface area contributed by atoms with Gasteiger partial charge in [0.1, 0.15) is 23.7 Å². The molecule has 11 heteroatoms. The van der Waals surface area contributed by atoms with Gasteiger partial charge in [-0.15, -0.1) is 0 Å². The highest BCUT2D eigenvalue weighted by Gasteiger charge is 2.50. The third kappa shape index (κ3) is 7.16. The third-order valence-corrected chi connectivity index (χ3v) is 8.01. The summed E-state index contributed by atoms with van der Waals surface area (Å²) < 4.78 is 10.4. The summed E-state index contributed by atoms with van der Waals surface area (Å²) in [5.41, 5.74) is -1.61. The predicted molar refractivity (Wildman–Crippen MR) is 140 cm³/mol. The normalized spacial score (nSPS) is 28.2. The van der Waals surface area contributed by atoms with Crippen LogP contribution in [0.1, 0.15) is 73.1 Å². The molecule has 2 aliphatic heterocycles. The average molecular weight is 539 g/mol. The number of ether oxygens (including phenoxy) is 2. The first-order chi connectivity index (χ1) is 17.6. The van der Waals surface area contributed by atoms with E-state index < -0.39 is 47.3 Å². The van der Waals surface area contributed by atoms with Crippen LogP contribution in [0.15, 0.2) is 0 Å². The summed E-state index contributed by atoms with van der Waals surface area (Å²) >= 11 is 0. The van der Waals surface area contributed by atoms with Crippen LogP contribution in [0, 0.1) is 5.92 Å². The van der Waals surface area contributed by atoms with Crippen molar-refractivity contribution < 1.29 is 33.8 Å². The van der Waals surface area contributed by atoms with Gasteiger partial charge in [-0.1, -0.05) is 19.3 Å². The van der Waals surface area contributed by atoms with Gasteiger partial charge in [-0.25, -0.2) is 9.59 Å². The first-order valence-corrected chi connectivity index (χ1v) is 13.7. The predicted octanol–water partition coefficient (Wildman–Crippen LogP) is 1.52. The third-order valence-electron chi connectivity index (χ3n) is 8.01. The van der Waals surface area contributed by atoms with E-state index in [1.165, 1.54) is 24.0 Å². The molecule has 0 aromatic carbocycles. The van der Waals surface area contributed by atoms with E-state index in [2.05, 4.69) is 5.32 Å². The van der Waals surface area contributed by atoms with Crippen LogP contribution < -0.4 is 5.32 Å². The molecule has 0 aromatic heterocycles. The molecule has 3 rings (SSSR count). The molecule has 2 saturated heterocycles. The van der Waals surface area contributed by atoms with Gasteiger partial charge in [0.25, 0.3) is 0 Å². The average Bonchev–Trinajstić information content (AvgIpc) is 3.16. The number of nitrogens with zero attached hydrogens (tertiary/aromatic N) is 3. The van der Waals surface area contributed by atoms with Crippen LogP contribution in [-0.4, -0.2) is 113 Å². The molecule has 0 radical (unpaired) electrons. The summed E-state index contributed by atoms with van der Waals surface area (Å²) in [5.74, 6) is -1.38. The van der Waals surface area contributed by atoms with Gasteiger partial charge in [0.2, 0.25) is 11.8 Å². The number of carbonyl (C=O) groups is 4. The second-order valence-electron chi connectivity index (χ2n) is 12.5. The molecule has 0 spiro atoms. The number of amides is 3. The van der Waals surface area contributed by atoms with Gasteiger partial charge >= 0.3 is 12.1 Å². The Balaban J connectivity index is 1.83. The van der Waals surface area contributed by atoms with Crippen LogP contribution in [0.5, 0.6) is 0 Å². The zero-order valence-corrected chi connectivity index (χ0v) is 24.0. The molecule has 0 aromatic rings. The lowest BCUT2D eigenvalue weighted by Crippen LogP contribution is -2.65. The number of methoxy groups -OCH3 is 1. The quantitative estimate of drug-likeness (QED) is 0.487. The fourth-order valence-electron chi connectivity index (χ4n) is 5.89. The fraction of sp³-hybridized carbons (Fsp3) is 0.852. The first-order valence-electron chi connectivity index (χ1n) is 13.7. The number of likely N-dealkylation sites (N-methyl/N-ethyl adjacent to an activating group) is 1. The largest absolute Gasteiger partial charge is 0.467 e. The van der Waals surface area contributed by atoms with Gasteiger partial charge in [-0.3, -0.25) is 19.4 Å². The number of aliphatic hydroxyl groups is 1. The molecule has 2 heterocycles. The summed E-state index contributed by atoms with van der Waals surface area (Å²) in [7, 11) is 2.79. The van der Waals surface area contributed by atoms with Crippen molar-refractivity contribution in [1.82, 2.24) is 20.0 Å². The Morgan fingerprint density at radius 2 is 1.74 bits per heavy atom. The van der Waals surface area contributed by atoms with Crippen LogP contribution >= 0.6 is 0 Å². The van der Waals surface area contributed by atoms with Crippen LogP contribution in [0.4, 0.5) is 4.79 Å². The van der Waals surface area contributed by atoms with E-state index in [1.807, 2.05) is 4.90 Å². The number of piperazine rings is 1. The van der Waals surface area contributed by atoms with Crippen LogP contribution in [-0.2, 0) is 23.9 Å². The van der Waals surface area contributed by atoms with Crippen molar-refractivity contribution in [1.29, 1.82) is 0 Å². The molecule has 11 nitrogen and oxygen atoms in total. The van der Waals surface area contributed by atoms with E-state index in [1.54, 1.807) is 34.6 Å². The Morgan fingerprint density at radius 3 is 2.32 bits per heavy atom.